The van der Waals surface area contributed by atoms with Crippen LogP contribution >= 0.6 is 0 Å². The van der Waals surface area contributed by atoms with E-state index in [2.05, 4.69) is 53.8 Å². The first-order valence-corrected chi connectivity index (χ1v) is 14.4. The number of hydrogen-bond acceptors (Lipinski definition) is 2. The van der Waals surface area contributed by atoms with Crippen molar-refractivity contribution in [2.75, 3.05) is 6.61 Å². The smallest absolute Gasteiger partial charge is 0.192 e. The van der Waals surface area contributed by atoms with E-state index in [-0.39, 0.29) is 0 Å². The van der Waals surface area contributed by atoms with E-state index in [0.29, 0.717) is 16.6 Å². The predicted molar refractivity (Wildman–Crippen MR) is 119 cm³/mol. The Balaban J connectivity index is 2.02. The fourth-order valence-electron chi connectivity index (χ4n) is 5.58. The van der Waals surface area contributed by atoms with Crippen molar-refractivity contribution < 1.29 is 9.16 Å². The van der Waals surface area contributed by atoms with Crippen molar-refractivity contribution in [1.82, 2.24) is 0 Å². The molecule has 0 heterocycles. The van der Waals surface area contributed by atoms with Crippen LogP contribution in [0.5, 0.6) is 0 Å². The molecule has 0 unspecified atom stereocenters. The van der Waals surface area contributed by atoms with Crippen LogP contribution in [0.1, 0.15) is 86.5 Å². The number of fused-ring (bicyclic) bond motifs is 1. The first-order chi connectivity index (χ1) is 12.5. The quantitative estimate of drug-likeness (QED) is 0.312. The minimum absolute atomic E-state index is 0.305. The predicted octanol–water partition coefficient (Wildman–Crippen LogP) is 7.56. The maximum Gasteiger partial charge on any atom is 0.192 e. The van der Waals surface area contributed by atoms with Crippen LogP contribution in [-0.4, -0.2) is 21.0 Å². The summed E-state index contributed by atoms with van der Waals surface area (Å²) in [7, 11) is -1.69. The summed E-state index contributed by atoms with van der Waals surface area (Å²) in [6.45, 7) is 19.9. The largest absolute Gasteiger partial charge is 0.502 e. The summed E-state index contributed by atoms with van der Waals surface area (Å²) in [5.41, 5.74) is 0.480. The van der Waals surface area contributed by atoms with Crippen molar-refractivity contribution in [3.05, 3.63) is 12.3 Å². The highest BCUT2D eigenvalue weighted by atomic mass is 28.4. The van der Waals surface area contributed by atoms with Gasteiger partial charge in [0.05, 0.1) is 12.9 Å². The average molecular weight is 395 g/mol. The van der Waals surface area contributed by atoms with Gasteiger partial charge in [0.25, 0.3) is 0 Å². The van der Waals surface area contributed by atoms with Crippen LogP contribution in [0.3, 0.4) is 0 Å². The fraction of sp³-hybridized carbons (Fsp3) is 0.917. The van der Waals surface area contributed by atoms with E-state index in [0.717, 1.165) is 30.8 Å². The highest BCUT2D eigenvalue weighted by Gasteiger charge is 2.54. The SMILES string of the molecule is CCO/C=C/CC[C@@H](C)[C@H]1CC[C@H]2[C@@H](O[Si](C)(C)C(C)(C)C)CCC[C@]12C. The van der Waals surface area contributed by atoms with E-state index in [1.807, 2.05) is 13.2 Å². The lowest BCUT2D eigenvalue weighted by Crippen LogP contribution is -2.50. The number of allylic oxidation sites excluding steroid dienone is 1. The van der Waals surface area contributed by atoms with Gasteiger partial charge in [-0.05, 0) is 92.8 Å². The lowest BCUT2D eigenvalue weighted by Gasteiger charge is -2.50. The molecule has 0 amide bonds. The molecule has 2 fully saturated rings. The van der Waals surface area contributed by atoms with E-state index in [1.54, 1.807) is 0 Å². The van der Waals surface area contributed by atoms with Gasteiger partial charge in [0, 0.05) is 6.10 Å². The zero-order valence-corrected chi connectivity index (χ0v) is 20.4. The van der Waals surface area contributed by atoms with E-state index in [9.17, 15) is 0 Å². The van der Waals surface area contributed by atoms with Crippen molar-refractivity contribution in [2.45, 2.75) is 111 Å². The van der Waals surface area contributed by atoms with Gasteiger partial charge in [-0.25, -0.2) is 0 Å². The third kappa shape index (κ3) is 5.21. The molecule has 158 valence electrons. The first-order valence-electron chi connectivity index (χ1n) is 11.5. The topological polar surface area (TPSA) is 18.5 Å². The lowest BCUT2D eigenvalue weighted by atomic mass is 9.61. The Labute approximate surface area is 170 Å². The molecule has 0 N–H and O–H groups in total. The van der Waals surface area contributed by atoms with Crippen LogP contribution in [0.15, 0.2) is 12.3 Å². The average Bonchev–Trinajstić information content (AvgIpc) is 2.91. The standard InChI is InChI=1S/C24H46O2Si/c1-9-25-18-11-10-13-19(2)20-15-16-21-22(14-12-17-24(20,21)6)26-27(7,8)23(3,4)5/h11,18-22H,9-10,12-17H2,1-8H3/b18-11+/t19-,20-,21+,22+,24-/m1/s1. The molecule has 0 aliphatic heterocycles. The van der Waals surface area contributed by atoms with Crippen molar-refractivity contribution in [1.29, 1.82) is 0 Å². The normalized spacial score (nSPS) is 33.3. The molecule has 2 aliphatic carbocycles. The Morgan fingerprint density at radius 1 is 1.19 bits per heavy atom. The van der Waals surface area contributed by atoms with Gasteiger partial charge in [0.2, 0.25) is 0 Å². The molecular formula is C24H46O2Si. The van der Waals surface area contributed by atoms with Crippen molar-refractivity contribution in [3.63, 3.8) is 0 Å². The van der Waals surface area contributed by atoms with E-state index < -0.39 is 8.32 Å². The first kappa shape index (κ1) is 23.0. The Bertz CT molecular complexity index is 493. The number of rotatable bonds is 8. The third-order valence-electron chi connectivity index (χ3n) is 8.22. The minimum atomic E-state index is -1.69. The number of ether oxygens (including phenoxy) is 1. The van der Waals surface area contributed by atoms with Crippen molar-refractivity contribution >= 4 is 8.32 Å². The second kappa shape index (κ2) is 9.03. The zero-order chi connectivity index (χ0) is 20.3. The molecule has 5 atom stereocenters. The number of hydrogen-bond donors (Lipinski definition) is 0. The van der Waals surface area contributed by atoms with Crippen LogP contribution in [0.2, 0.25) is 18.1 Å². The lowest BCUT2D eigenvalue weighted by molar-refractivity contribution is -0.0209. The zero-order valence-electron chi connectivity index (χ0n) is 19.4. The Kier molecular flexibility index (Phi) is 7.69. The van der Waals surface area contributed by atoms with Gasteiger partial charge in [0.15, 0.2) is 8.32 Å². The second-order valence-corrected chi connectivity index (χ2v) is 15.7. The molecular weight excluding hydrogens is 348 g/mol. The maximum atomic E-state index is 6.99. The Morgan fingerprint density at radius 2 is 1.89 bits per heavy atom. The summed E-state index contributed by atoms with van der Waals surface area (Å²) in [6, 6.07) is 0. The van der Waals surface area contributed by atoms with Gasteiger partial charge < -0.3 is 9.16 Å². The molecule has 2 saturated carbocycles. The second-order valence-electron chi connectivity index (χ2n) is 11.0. The van der Waals surface area contributed by atoms with Gasteiger partial charge >= 0.3 is 0 Å². The van der Waals surface area contributed by atoms with Crippen molar-refractivity contribution in [2.24, 2.45) is 23.2 Å². The third-order valence-corrected chi connectivity index (χ3v) is 12.7. The molecule has 0 spiro atoms. The fourth-order valence-corrected chi connectivity index (χ4v) is 6.98. The molecule has 0 aromatic rings. The summed E-state index contributed by atoms with van der Waals surface area (Å²) in [5.74, 6) is 2.42. The van der Waals surface area contributed by atoms with Crippen LogP contribution in [0, 0.1) is 23.2 Å². The van der Waals surface area contributed by atoms with Crippen LogP contribution < -0.4 is 0 Å². The molecule has 2 aliphatic rings. The minimum Gasteiger partial charge on any atom is -0.502 e. The summed E-state index contributed by atoms with van der Waals surface area (Å²) in [6.07, 6.45) is 13.8. The highest BCUT2D eigenvalue weighted by Crippen LogP contribution is 2.59. The van der Waals surface area contributed by atoms with Gasteiger partial charge in [-0.2, -0.15) is 0 Å². The van der Waals surface area contributed by atoms with Gasteiger partial charge in [-0.3, -0.25) is 0 Å². The molecule has 27 heavy (non-hydrogen) atoms. The summed E-state index contributed by atoms with van der Waals surface area (Å²) in [5, 5.41) is 0.305. The summed E-state index contributed by atoms with van der Waals surface area (Å²) >= 11 is 0. The maximum absolute atomic E-state index is 6.99. The van der Waals surface area contributed by atoms with Crippen LogP contribution in [-0.2, 0) is 9.16 Å². The highest BCUT2D eigenvalue weighted by molar-refractivity contribution is 6.74. The Hall–Kier alpha value is -0.283. The van der Waals surface area contributed by atoms with Crippen molar-refractivity contribution in [3.8, 4) is 0 Å². The molecule has 3 heteroatoms. The van der Waals surface area contributed by atoms with Gasteiger partial charge in [-0.15, -0.1) is 0 Å². The monoisotopic (exact) mass is 394 g/mol. The molecule has 0 aromatic heterocycles. The summed E-state index contributed by atoms with van der Waals surface area (Å²) < 4.78 is 12.3. The molecule has 2 rings (SSSR count). The molecule has 0 aromatic carbocycles. The summed E-state index contributed by atoms with van der Waals surface area (Å²) in [4.78, 5) is 0. The van der Waals surface area contributed by atoms with E-state index in [1.165, 1.54) is 38.5 Å². The molecule has 0 saturated heterocycles. The van der Waals surface area contributed by atoms with Crippen LogP contribution in [0.25, 0.3) is 0 Å². The van der Waals surface area contributed by atoms with E-state index in [4.69, 9.17) is 9.16 Å². The molecule has 0 bridgehead atoms. The van der Waals surface area contributed by atoms with Gasteiger partial charge in [-0.1, -0.05) is 41.0 Å². The van der Waals surface area contributed by atoms with Crippen LogP contribution in [0.4, 0.5) is 0 Å². The Morgan fingerprint density at radius 3 is 2.52 bits per heavy atom. The van der Waals surface area contributed by atoms with E-state index >= 15 is 0 Å². The molecule has 2 nitrogen and oxygen atoms in total. The molecule has 0 radical (unpaired) electrons. The van der Waals surface area contributed by atoms with Gasteiger partial charge in [0.1, 0.15) is 0 Å².